The molecular weight excluding hydrogens is 446 g/mol. The van der Waals surface area contributed by atoms with Crippen molar-refractivity contribution in [1.82, 2.24) is 14.8 Å². The van der Waals surface area contributed by atoms with E-state index in [-0.39, 0.29) is 11.7 Å². The van der Waals surface area contributed by atoms with Crippen molar-refractivity contribution in [1.29, 1.82) is 0 Å². The van der Waals surface area contributed by atoms with E-state index in [1.807, 2.05) is 27.7 Å². The third-order valence-corrected chi connectivity index (χ3v) is 5.57. The maximum absolute atomic E-state index is 13.0. The number of carbonyl (C=O) groups excluding carboxylic acids is 2. The molecule has 3 aromatic rings. The van der Waals surface area contributed by atoms with Crippen molar-refractivity contribution in [3.05, 3.63) is 53.5 Å². The Morgan fingerprint density at radius 3 is 2.71 bits per heavy atom. The van der Waals surface area contributed by atoms with E-state index >= 15 is 0 Å². The van der Waals surface area contributed by atoms with Gasteiger partial charge in [0.15, 0.2) is 11.6 Å². The van der Waals surface area contributed by atoms with Crippen molar-refractivity contribution in [3.8, 4) is 17.2 Å². The monoisotopic (exact) mass is 477 g/mol. The number of ketones is 1. The number of Topliss-reactive ketones (excluding diaryl/α,β-unsaturated/α-hetero) is 1. The highest BCUT2D eigenvalue weighted by atomic mass is 16.5. The zero-order chi connectivity index (χ0) is 25.2. The van der Waals surface area contributed by atoms with Crippen molar-refractivity contribution in [2.75, 3.05) is 17.2 Å². The SMILES string of the molecule is CCCC(=O)c1ncc(Oc2cc(C(=O)Nc3ccn(C)n3)cc3c2CC(C)(C)O3)cc1NCC. The summed E-state index contributed by atoms with van der Waals surface area (Å²) < 4.78 is 14.0. The van der Waals surface area contributed by atoms with Crippen LogP contribution in [-0.4, -0.2) is 38.6 Å². The van der Waals surface area contributed by atoms with Crippen molar-refractivity contribution < 1.29 is 19.1 Å². The molecule has 4 rings (SSSR count). The van der Waals surface area contributed by atoms with Gasteiger partial charge in [-0.05, 0) is 39.3 Å². The lowest BCUT2D eigenvalue weighted by Crippen LogP contribution is -2.24. The topological polar surface area (TPSA) is 107 Å². The number of fused-ring (bicyclic) bond motifs is 1. The van der Waals surface area contributed by atoms with Crippen LogP contribution in [0.1, 0.15) is 66.9 Å². The van der Waals surface area contributed by atoms with Gasteiger partial charge in [-0.1, -0.05) is 6.92 Å². The molecule has 0 bridgehead atoms. The van der Waals surface area contributed by atoms with Crippen LogP contribution in [0.15, 0.2) is 36.7 Å². The van der Waals surface area contributed by atoms with Crippen molar-refractivity contribution in [2.24, 2.45) is 7.05 Å². The molecule has 0 atom stereocenters. The highest BCUT2D eigenvalue weighted by molar-refractivity contribution is 6.04. The Hall–Kier alpha value is -3.88. The van der Waals surface area contributed by atoms with Gasteiger partial charge in [0.25, 0.3) is 5.91 Å². The Morgan fingerprint density at radius 1 is 1.23 bits per heavy atom. The van der Waals surface area contributed by atoms with Gasteiger partial charge in [0.05, 0.1) is 11.9 Å². The lowest BCUT2D eigenvalue weighted by Gasteiger charge is -2.16. The minimum atomic E-state index is -0.430. The van der Waals surface area contributed by atoms with Gasteiger partial charge in [0.2, 0.25) is 0 Å². The number of nitrogens with one attached hydrogen (secondary N) is 2. The van der Waals surface area contributed by atoms with E-state index in [2.05, 4.69) is 20.7 Å². The Morgan fingerprint density at radius 2 is 2.03 bits per heavy atom. The first kappa shape index (κ1) is 24.3. The number of rotatable bonds is 9. The summed E-state index contributed by atoms with van der Waals surface area (Å²) in [6, 6.07) is 6.92. The molecule has 35 heavy (non-hydrogen) atoms. The summed E-state index contributed by atoms with van der Waals surface area (Å²) >= 11 is 0. The minimum Gasteiger partial charge on any atom is -0.487 e. The summed E-state index contributed by atoms with van der Waals surface area (Å²) in [4.78, 5) is 29.9. The smallest absolute Gasteiger partial charge is 0.257 e. The van der Waals surface area contributed by atoms with Crippen LogP contribution in [0.5, 0.6) is 17.2 Å². The molecule has 1 aliphatic heterocycles. The molecule has 1 aliphatic rings. The van der Waals surface area contributed by atoms with Crippen LogP contribution in [0.2, 0.25) is 0 Å². The van der Waals surface area contributed by atoms with E-state index < -0.39 is 5.60 Å². The summed E-state index contributed by atoms with van der Waals surface area (Å²) in [5.41, 5.74) is 1.86. The predicted octanol–water partition coefficient (Wildman–Crippen LogP) is 4.99. The molecule has 184 valence electrons. The van der Waals surface area contributed by atoms with Crippen molar-refractivity contribution in [2.45, 2.75) is 52.6 Å². The lowest BCUT2D eigenvalue weighted by molar-refractivity contribution is 0.0976. The van der Waals surface area contributed by atoms with E-state index in [0.29, 0.717) is 59.4 Å². The standard InChI is InChI=1S/C26H31N5O4/c1-6-8-20(32)24-19(27-7-2)13-17(15-28-24)34-21-11-16(12-22-18(21)14-26(3,4)35-22)25(33)29-23-9-10-31(5)30-23/h9-13,15,27H,6-8,14H2,1-5H3,(H,29,30,33). The van der Waals surface area contributed by atoms with E-state index in [1.165, 1.54) is 6.20 Å². The van der Waals surface area contributed by atoms with Gasteiger partial charge in [0, 0.05) is 55.9 Å². The molecule has 0 saturated heterocycles. The molecule has 2 N–H and O–H groups in total. The van der Waals surface area contributed by atoms with Gasteiger partial charge in [-0.3, -0.25) is 14.3 Å². The first-order valence-corrected chi connectivity index (χ1v) is 11.8. The number of hydrogen-bond donors (Lipinski definition) is 2. The largest absolute Gasteiger partial charge is 0.487 e. The Labute approximate surface area is 204 Å². The Kier molecular flexibility index (Phi) is 6.77. The predicted molar refractivity (Wildman–Crippen MR) is 134 cm³/mol. The molecule has 1 amide bonds. The molecule has 9 nitrogen and oxygen atoms in total. The van der Waals surface area contributed by atoms with Gasteiger partial charge in [-0.25, -0.2) is 4.98 Å². The molecule has 3 heterocycles. The zero-order valence-electron chi connectivity index (χ0n) is 20.8. The van der Waals surface area contributed by atoms with Crippen LogP contribution in [0.3, 0.4) is 0 Å². The number of benzene rings is 1. The van der Waals surface area contributed by atoms with Crippen molar-refractivity contribution >= 4 is 23.2 Å². The molecule has 9 heteroatoms. The average molecular weight is 478 g/mol. The van der Waals surface area contributed by atoms with Crippen LogP contribution in [0.25, 0.3) is 0 Å². The second-order valence-corrected chi connectivity index (χ2v) is 9.19. The lowest BCUT2D eigenvalue weighted by atomic mass is 9.99. The van der Waals surface area contributed by atoms with Gasteiger partial charge in [-0.15, -0.1) is 0 Å². The maximum Gasteiger partial charge on any atom is 0.257 e. The summed E-state index contributed by atoms with van der Waals surface area (Å²) in [5, 5.41) is 10.2. The Bertz CT molecular complexity index is 1260. The fourth-order valence-corrected chi connectivity index (χ4v) is 4.06. The Balaban J connectivity index is 1.68. The second kappa shape index (κ2) is 9.77. The third-order valence-electron chi connectivity index (χ3n) is 5.57. The van der Waals surface area contributed by atoms with Gasteiger partial charge in [0.1, 0.15) is 28.5 Å². The molecule has 0 aliphatic carbocycles. The van der Waals surface area contributed by atoms with Crippen LogP contribution >= 0.6 is 0 Å². The summed E-state index contributed by atoms with van der Waals surface area (Å²) in [5.74, 6) is 1.69. The molecule has 0 unspecified atom stereocenters. The number of anilines is 2. The van der Waals surface area contributed by atoms with Crippen molar-refractivity contribution in [3.63, 3.8) is 0 Å². The van der Waals surface area contributed by atoms with Gasteiger partial charge >= 0.3 is 0 Å². The van der Waals surface area contributed by atoms with E-state index in [0.717, 1.165) is 12.0 Å². The van der Waals surface area contributed by atoms with Gasteiger partial charge < -0.3 is 20.1 Å². The molecule has 0 fully saturated rings. The summed E-state index contributed by atoms with van der Waals surface area (Å²) in [6.07, 6.45) is 5.10. The van der Waals surface area contributed by atoms with Crippen LogP contribution < -0.4 is 20.1 Å². The number of nitrogens with zero attached hydrogens (tertiary/aromatic N) is 3. The number of pyridine rings is 1. The maximum atomic E-state index is 13.0. The number of amides is 1. The fourth-order valence-electron chi connectivity index (χ4n) is 4.06. The van der Waals surface area contributed by atoms with E-state index in [1.54, 1.807) is 42.2 Å². The number of aryl methyl sites for hydroxylation is 1. The zero-order valence-corrected chi connectivity index (χ0v) is 20.8. The number of ether oxygens (including phenoxy) is 2. The normalized spacial score (nSPS) is 13.6. The van der Waals surface area contributed by atoms with Crippen LogP contribution in [-0.2, 0) is 13.5 Å². The third kappa shape index (κ3) is 5.45. The number of aromatic nitrogens is 3. The first-order valence-electron chi connectivity index (χ1n) is 11.8. The molecule has 0 spiro atoms. The molecule has 2 aromatic heterocycles. The average Bonchev–Trinajstić information content (AvgIpc) is 3.34. The first-order chi connectivity index (χ1) is 16.7. The highest BCUT2D eigenvalue weighted by Crippen LogP contribution is 2.43. The highest BCUT2D eigenvalue weighted by Gasteiger charge is 2.34. The number of hydrogen-bond acceptors (Lipinski definition) is 7. The van der Waals surface area contributed by atoms with E-state index in [4.69, 9.17) is 9.47 Å². The van der Waals surface area contributed by atoms with Gasteiger partial charge in [-0.2, -0.15) is 5.10 Å². The summed E-state index contributed by atoms with van der Waals surface area (Å²) in [6.45, 7) is 8.53. The molecule has 1 aromatic carbocycles. The fraction of sp³-hybridized carbons (Fsp3) is 0.385. The minimum absolute atomic E-state index is 0.0146. The summed E-state index contributed by atoms with van der Waals surface area (Å²) in [7, 11) is 1.78. The van der Waals surface area contributed by atoms with E-state index in [9.17, 15) is 9.59 Å². The molecular formula is C26H31N5O4. The molecule has 0 saturated carbocycles. The molecule has 0 radical (unpaired) electrons. The number of carbonyl (C=O) groups is 2. The van der Waals surface area contributed by atoms with Crippen LogP contribution in [0.4, 0.5) is 11.5 Å². The van der Waals surface area contributed by atoms with Crippen LogP contribution in [0, 0.1) is 0 Å². The quantitative estimate of drug-likeness (QED) is 0.418. The second-order valence-electron chi connectivity index (χ2n) is 9.19.